The number of alkyl carbamates (subject to hydrolysis) is 1. The van der Waals surface area contributed by atoms with Crippen molar-refractivity contribution in [3.05, 3.63) is 28.5 Å². The lowest BCUT2D eigenvalue weighted by molar-refractivity contribution is -0.00381. The van der Waals surface area contributed by atoms with E-state index in [1.165, 1.54) is 0 Å². The molecule has 1 rings (SSSR count). The molecule has 0 spiro atoms. The summed E-state index contributed by atoms with van der Waals surface area (Å²) in [6, 6.07) is 3.51. The van der Waals surface area contributed by atoms with Gasteiger partial charge in [-0.2, -0.15) is 0 Å². The first kappa shape index (κ1) is 18.8. The Hall–Kier alpha value is -1.28. The van der Waals surface area contributed by atoms with Crippen molar-refractivity contribution in [1.29, 1.82) is 0 Å². The highest BCUT2D eigenvalue weighted by molar-refractivity contribution is 9.10. The maximum atomic E-state index is 13.6. The summed E-state index contributed by atoms with van der Waals surface area (Å²) >= 11 is 3.25. The zero-order chi connectivity index (χ0) is 16.8. The fraction of sp³-hybridized carbons (Fsp3) is 0.571. The highest BCUT2D eigenvalue weighted by Crippen LogP contribution is 2.12. The normalized spacial score (nSPS) is 12.1. The number of halogens is 3. The molecule has 2 N–H and O–H groups in total. The van der Waals surface area contributed by atoms with E-state index in [0.717, 1.165) is 4.47 Å². The lowest BCUT2D eigenvalue weighted by Gasteiger charge is -2.22. The second-order valence-corrected chi connectivity index (χ2v) is 6.70. The third-order valence-electron chi connectivity index (χ3n) is 2.37. The minimum atomic E-state index is -3.08. The number of pyridine rings is 1. The molecule has 0 fully saturated rings. The number of ether oxygens (including phenoxy) is 1. The average molecular weight is 380 g/mol. The summed E-state index contributed by atoms with van der Waals surface area (Å²) in [6.07, 6.45) is 0.737. The predicted molar refractivity (Wildman–Crippen MR) is 82.8 cm³/mol. The predicted octanol–water partition coefficient (Wildman–Crippen LogP) is 3.09. The Morgan fingerprint density at radius 1 is 1.32 bits per heavy atom. The number of nitrogens with zero attached hydrogens (tertiary/aromatic N) is 1. The van der Waals surface area contributed by atoms with E-state index in [1.54, 1.807) is 39.1 Å². The van der Waals surface area contributed by atoms with Crippen LogP contribution in [-0.2, 0) is 11.3 Å². The fourth-order valence-corrected chi connectivity index (χ4v) is 1.70. The second-order valence-electron chi connectivity index (χ2n) is 5.78. The van der Waals surface area contributed by atoms with Gasteiger partial charge in [-0.1, -0.05) is 0 Å². The van der Waals surface area contributed by atoms with Gasteiger partial charge in [0.1, 0.15) is 5.60 Å². The zero-order valence-corrected chi connectivity index (χ0v) is 14.3. The maximum Gasteiger partial charge on any atom is 0.407 e. The number of carbonyl (C=O) groups excluding carboxylic acids is 1. The summed E-state index contributed by atoms with van der Waals surface area (Å²) in [7, 11) is 0. The SMILES string of the molecule is CC(C)(C)OC(=O)NCC(F)(F)CNCc1ccc(Br)cn1. The number of aromatic nitrogens is 1. The summed E-state index contributed by atoms with van der Waals surface area (Å²) in [6.45, 7) is 3.85. The molecular weight excluding hydrogens is 360 g/mol. The van der Waals surface area contributed by atoms with Gasteiger partial charge in [-0.15, -0.1) is 0 Å². The van der Waals surface area contributed by atoms with Crippen LogP contribution in [0, 0.1) is 0 Å². The van der Waals surface area contributed by atoms with Crippen LogP contribution in [0.25, 0.3) is 0 Å². The van der Waals surface area contributed by atoms with Gasteiger partial charge in [-0.25, -0.2) is 13.6 Å². The molecule has 1 heterocycles. The van der Waals surface area contributed by atoms with Gasteiger partial charge in [0.25, 0.3) is 5.92 Å². The van der Waals surface area contributed by atoms with Crippen LogP contribution in [0.3, 0.4) is 0 Å². The smallest absolute Gasteiger partial charge is 0.407 e. The molecule has 0 aliphatic heterocycles. The van der Waals surface area contributed by atoms with Crippen molar-refractivity contribution in [3.8, 4) is 0 Å². The molecule has 0 aliphatic rings. The molecule has 0 unspecified atom stereocenters. The molecular formula is C14H20BrF2N3O2. The summed E-state index contributed by atoms with van der Waals surface area (Å²) in [5, 5.41) is 4.68. The highest BCUT2D eigenvalue weighted by atomic mass is 79.9. The van der Waals surface area contributed by atoms with Crippen molar-refractivity contribution < 1.29 is 18.3 Å². The quantitative estimate of drug-likeness (QED) is 0.796. The van der Waals surface area contributed by atoms with Crippen molar-refractivity contribution in [2.75, 3.05) is 13.1 Å². The molecule has 0 bridgehead atoms. The van der Waals surface area contributed by atoms with E-state index in [2.05, 4.69) is 31.5 Å². The second kappa shape index (κ2) is 7.82. The number of hydrogen-bond acceptors (Lipinski definition) is 4. The minimum absolute atomic E-state index is 0.218. The highest BCUT2D eigenvalue weighted by Gasteiger charge is 2.30. The fourth-order valence-electron chi connectivity index (χ4n) is 1.46. The van der Waals surface area contributed by atoms with Crippen LogP contribution in [0.1, 0.15) is 26.5 Å². The molecule has 0 atom stereocenters. The Morgan fingerprint density at radius 2 is 2.00 bits per heavy atom. The number of hydrogen-bond donors (Lipinski definition) is 2. The van der Waals surface area contributed by atoms with Crippen LogP contribution in [0.5, 0.6) is 0 Å². The van der Waals surface area contributed by atoms with Crippen molar-refractivity contribution >= 4 is 22.0 Å². The number of rotatable bonds is 6. The lowest BCUT2D eigenvalue weighted by atomic mass is 10.2. The molecule has 22 heavy (non-hydrogen) atoms. The van der Waals surface area contributed by atoms with Gasteiger partial charge in [-0.3, -0.25) is 4.98 Å². The third-order valence-corrected chi connectivity index (χ3v) is 2.84. The Balaban J connectivity index is 2.31. The van der Waals surface area contributed by atoms with Crippen molar-refractivity contribution in [2.24, 2.45) is 0 Å². The van der Waals surface area contributed by atoms with Crippen molar-refractivity contribution in [3.63, 3.8) is 0 Å². The molecule has 0 aromatic carbocycles. The molecule has 124 valence electrons. The van der Waals surface area contributed by atoms with E-state index in [-0.39, 0.29) is 6.54 Å². The van der Waals surface area contributed by atoms with Gasteiger partial charge in [0.15, 0.2) is 0 Å². The average Bonchev–Trinajstić information content (AvgIpc) is 2.37. The molecule has 1 amide bonds. The van der Waals surface area contributed by atoms with E-state index in [4.69, 9.17) is 4.74 Å². The molecule has 1 aromatic rings. The van der Waals surface area contributed by atoms with Crippen molar-refractivity contribution in [1.82, 2.24) is 15.6 Å². The molecule has 0 aliphatic carbocycles. The van der Waals surface area contributed by atoms with Crippen molar-refractivity contribution in [2.45, 2.75) is 38.8 Å². The lowest BCUT2D eigenvalue weighted by Crippen LogP contribution is -2.44. The van der Waals surface area contributed by atoms with E-state index in [0.29, 0.717) is 5.69 Å². The third kappa shape index (κ3) is 8.23. The van der Waals surface area contributed by atoms with E-state index in [9.17, 15) is 13.6 Å². The Labute approximate surface area is 137 Å². The van der Waals surface area contributed by atoms with Crippen LogP contribution in [0.2, 0.25) is 0 Å². The van der Waals surface area contributed by atoms with Crippen LogP contribution in [-0.4, -0.2) is 35.7 Å². The maximum absolute atomic E-state index is 13.6. The summed E-state index contributed by atoms with van der Waals surface area (Å²) in [5.41, 5.74) is -0.0654. The van der Waals surface area contributed by atoms with Crippen LogP contribution in [0.4, 0.5) is 13.6 Å². The molecule has 1 aromatic heterocycles. The minimum Gasteiger partial charge on any atom is -0.444 e. The molecule has 0 radical (unpaired) electrons. The number of nitrogens with one attached hydrogen (secondary N) is 2. The topological polar surface area (TPSA) is 63.2 Å². The number of carbonyl (C=O) groups is 1. The van der Waals surface area contributed by atoms with Gasteiger partial charge >= 0.3 is 6.09 Å². The van der Waals surface area contributed by atoms with Crippen LogP contribution in [0.15, 0.2) is 22.8 Å². The van der Waals surface area contributed by atoms with E-state index >= 15 is 0 Å². The van der Waals surface area contributed by atoms with Crippen LogP contribution < -0.4 is 10.6 Å². The molecule has 0 saturated heterocycles. The Kier molecular flexibility index (Phi) is 6.67. The standard InChI is InChI=1S/C14H20BrF2N3O2/c1-13(2,3)22-12(21)20-9-14(16,17)8-18-7-11-5-4-10(15)6-19-11/h4-6,18H,7-9H2,1-3H3,(H,20,21). The summed E-state index contributed by atoms with van der Waals surface area (Å²) in [5.74, 6) is -3.08. The van der Waals surface area contributed by atoms with Crippen LogP contribution >= 0.6 is 15.9 Å². The van der Waals surface area contributed by atoms with Gasteiger partial charge < -0.3 is 15.4 Å². The first-order valence-electron chi connectivity index (χ1n) is 6.73. The van der Waals surface area contributed by atoms with Gasteiger partial charge in [-0.05, 0) is 48.8 Å². The zero-order valence-electron chi connectivity index (χ0n) is 12.8. The molecule has 0 saturated carbocycles. The summed E-state index contributed by atoms with van der Waals surface area (Å²) < 4.78 is 33.0. The first-order chi connectivity index (χ1) is 10.1. The largest absolute Gasteiger partial charge is 0.444 e. The van der Waals surface area contributed by atoms with Gasteiger partial charge in [0.2, 0.25) is 0 Å². The molecule has 5 nitrogen and oxygen atoms in total. The van der Waals surface area contributed by atoms with E-state index in [1.807, 2.05) is 0 Å². The number of alkyl halides is 2. The monoisotopic (exact) mass is 379 g/mol. The summed E-state index contributed by atoms with van der Waals surface area (Å²) in [4.78, 5) is 15.4. The number of amides is 1. The Morgan fingerprint density at radius 3 is 2.55 bits per heavy atom. The van der Waals surface area contributed by atoms with E-state index < -0.39 is 30.7 Å². The Bertz CT molecular complexity index is 490. The first-order valence-corrected chi connectivity index (χ1v) is 7.52. The molecule has 8 heteroatoms. The van der Waals surface area contributed by atoms with Gasteiger partial charge in [0.05, 0.1) is 18.8 Å². The van der Waals surface area contributed by atoms with Gasteiger partial charge in [0, 0.05) is 17.2 Å².